The Morgan fingerprint density at radius 2 is 2.05 bits per heavy atom. The lowest BCUT2D eigenvalue weighted by molar-refractivity contribution is 0.586. The monoisotopic (exact) mass is 289 g/mol. The van der Waals surface area contributed by atoms with Crippen molar-refractivity contribution in [2.45, 2.75) is 46.2 Å². The quantitative estimate of drug-likeness (QED) is 0.879. The van der Waals surface area contributed by atoms with Crippen molar-refractivity contribution < 1.29 is 4.39 Å². The number of halogens is 1. The first-order chi connectivity index (χ1) is 10.0. The van der Waals surface area contributed by atoms with E-state index in [1.54, 1.807) is 10.7 Å². The minimum absolute atomic E-state index is 0.186. The topological polar surface area (TPSA) is 29.9 Å². The molecule has 0 aliphatic heterocycles. The van der Waals surface area contributed by atoms with Crippen molar-refractivity contribution in [3.05, 3.63) is 41.5 Å². The van der Waals surface area contributed by atoms with Gasteiger partial charge in [0.05, 0.1) is 5.69 Å². The molecule has 0 bridgehead atoms. The minimum Gasteiger partial charge on any atom is -0.310 e. The third kappa shape index (κ3) is 3.91. The minimum atomic E-state index is -0.186. The Morgan fingerprint density at radius 1 is 1.29 bits per heavy atom. The van der Waals surface area contributed by atoms with E-state index in [9.17, 15) is 4.39 Å². The summed E-state index contributed by atoms with van der Waals surface area (Å²) in [6.45, 7) is 7.06. The Morgan fingerprint density at radius 3 is 2.71 bits per heavy atom. The fourth-order valence-electron chi connectivity index (χ4n) is 2.39. The lowest BCUT2D eigenvalue weighted by Crippen LogP contribution is -2.21. The Labute approximate surface area is 126 Å². The van der Waals surface area contributed by atoms with Crippen molar-refractivity contribution in [2.75, 3.05) is 0 Å². The Kier molecular flexibility index (Phi) is 5.12. The summed E-state index contributed by atoms with van der Waals surface area (Å²) in [5, 5.41) is 7.82. The number of aryl methyl sites for hydroxylation is 2. The first-order valence-electron chi connectivity index (χ1n) is 7.56. The highest BCUT2D eigenvalue weighted by molar-refractivity contribution is 5.66. The zero-order chi connectivity index (χ0) is 15.4. The maximum absolute atomic E-state index is 14.2. The molecule has 0 saturated carbocycles. The fourth-order valence-corrected chi connectivity index (χ4v) is 2.39. The molecule has 0 radical (unpaired) electrons. The Bertz CT molecular complexity index is 602. The molecule has 0 unspecified atom stereocenters. The van der Waals surface area contributed by atoms with Crippen molar-refractivity contribution in [3.63, 3.8) is 0 Å². The van der Waals surface area contributed by atoms with Crippen LogP contribution in [0.25, 0.3) is 11.1 Å². The van der Waals surface area contributed by atoms with Crippen LogP contribution in [-0.4, -0.2) is 15.8 Å². The van der Waals surface area contributed by atoms with Crippen molar-refractivity contribution >= 4 is 0 Å². The number of hydrogen-bond acceptors (Lipinski definition) is 2. The first kappa shape index (κ1) is 15.7. The van der Waals surface area contributed by atoms with Crippen LogP contribution in [0.3, 0.4) is 0 Å². The molecular weight excluding hydrogens is 265 g/mol. The van der Waals surface area contributed by atoms with Gasteiger partial charge in [0.25, 0.3) is 0 Å². The molecule has 4 heteroatoms. The molecule has 2 aromatic rings. The predicted octanol–water partition coefficient (Wildman–Crippen LogP) is 3.68. The average Bonchev–Trinajstić information content (AvgIpc) is 2.79. The molecule has 3 nitrogen and oxygen atoms in total. The summed E-state index contributed by atoms with van der Waals surface area (Å²) >= 11 is 0. The molecule has 1 aromatic carbocycles. The van der Waals surface area contributed by atoms with Crippen LogP contribution in [0, 0.1) is 5.82 Å². The molecule has 0 fully saturated rings. The summed E-state index contributed by atoms with van der Waals surface area (Å²) in [7, 11) is 1.88. The van der Waals surface area contributed by atoms with Crippen LogP contribution in [0.4, 0.5) is 4.39 Å². The molecule has 0 aliphatic carbocycles. The van der Waals surface area contributed by atoms with Gasteiger partial charge in [-0.05, 0) is 24.1 Å². The van der Waals surface area contributed by atoms with E-state index >= 15 is 0 Å². The van der Waals surface area contributed by atoms with Crippen LogP contribution >= 0.6 is 0 Å². The fraction of sp³-hybridized carbons (Fsp3) is 0.471. The van der Waals surface area contributed by atoms with Crippen molar-refractivity contribution in [1.82, 2.24) is 15.1 Å². The molecule has 0 spiro atoms. The van der Waals surface area contributed by atoms with Gasteiger partial charge in [-0.15, -0.1) is 0 Å². The van der Waals surface area contributed by atoms with Gasteiger partial charge >= 0.3 is 0 Å². The first-order valence-corrected chi connectivity index (χ1v) is 7.56. The molecule has 21 heavy (non-hydrogen) atoms. The molecule has 114 valence electrons. The summed E-state index contributed by atoms with van der Waals surface area (Å²) in [5.74, 6) is -0.186. The normalized spacial score (nSPS) is 11.3. The van der Waals surface area contributed by atoms with Crippen LogP contribution in [-0.2, 0) is 20.0 Å². The molecule has 2 rings (SSSR count). The van der Waals surface area contributed by atoms with Gasteiger partial charge in [-0.1, -0.05) is 33.3 Å². The number of nitrogens with zero attached hydrogens (tertiary/aromatic N) is 2. The van der Waals surface area contributed by atoms with Gasteiger partial charge in [-0.3, -0.25) is 4.68 Å². The van der Waals surface area contributed by atoms with Gasteiger partial charge in [0.2, 0.25) is 0 Å². The summed E-state index contributed by atoms with van der Waals surface area (Å²) in [5.41, 5.74) is 3.61. The van der Waals surface area contributed by atoms with Crippen LogP contribution in [0.2, 0.25) is 0 Å². The van der Waals surface area contributed by atoms with Gasteiger partial charge in [0.15, 0.2) is 0 Å². The third-order valence-electron chi connectivity index (χ3n) is 3.43. The maximum Gasteiger partial charge on any atom is 0.131 e. The number of benzene rings is 1. The smallest absolute Gasteiger partial charge is 0.131 e. The number of nitrogens with one attached hydrogen (secondary N) is 1. The van der Waals surface area contributed by atoms with Gasteiger partial charge < -0.3 is 5.32 Å². The van der Waals surface area contributed by atoms with Crippen LogP contribution in [0.5, 0.6) is 0 Å². The van der Waals surface area contributed by atoms with Gasteiger partial charge in [-0.2, -0.15) is 5.10 Å². The third-order valence-corrected chi connectivity index (χ3v) is 3.43. The Balaban J connectivity index is 2.36. The van der Waals surface area contributed by atoms with E-state index in [2.05, 4.69) is 31.2 Å². The van der Waals surface area contributed by atoms with E-state index < -0.39 is 0 Å². The molecule has 1 aromatic heterocycles. The lowest BCUT2D eigenvalue weighted by atomic mass is 10.0. The Hall–Kier alpha value is -1.68. The second-order valence-electron chi connectivity index (χ2n) is 5.76. The van der Waals surface area contributed by atoms with Crippen LogP contribution < -0.4 is 5.32 Å². The van der Waals surface area contributed by atoms with Gasteiger partial charge in [0, 0.05) is 37.0 Å². The van der Waals surface area contributed by atoms with Gasteiger partial charge in [-0.25, -0.2) is 4.39 Å². The maximum atomic E-state index is 14.2. The van der Waals surface area contributed by atoms with Crippen LogP contribution in [0.1, 0.15) is 38.4 Å². The molecular formula is C17H24FN3. The van der Waals surface area contributed by atoms with Crippen molar-refractivity contribution in [3.8, 4) is 11.1 Å². The van der Waals surface area contributed by atoms with Crippen molar-refractivity contribution in [1.29, 1.82) is 0 Å². The molecule has 1 N–H and O–H groups in total. The highest BCUT2D eigenvalue weighted by Gasteiger charge is 2.14. The number of rotatable bonds is 6. The van der Waals surface area contributed by atoms with Gasteiger partial charge in [0.1, 0.15) is 5.82 Å². The standard InChI is InChI=1S/C17H24FN3/c1-5-6-17-15(11-21(4)20-17)14-9-13(7-8-16(14)18)10-19-12(2)3/h7-9,11-12,19H,5-6,10H2,1-4H3. The average molecular weight is 289 g/mol. The summed E-state index contributed by atoms with van der Waals surface area (Å²) < 4.78 is 16.0. The van der Waals surface area contributed by atoms with E-state index in [-0.39, 0.29) is 5.82 Å². The predicted molar refractivity (Wildman–Crippen MR) is 84.6 cm³/mol. The molecule has 0 aliphatic rings. The van der Waals surface area contributed by atoms with E-state index in [1.165, 1.54) is 0 Å². The SMILES string of the molecule is CCCc1nn(C)cc1-c1cc(CNC(C)C)ccc1F. The van der Waals surface area contributed by atoms with Crippen LogP contribution in [0.15, 0.2) is 24.4 Å². The molecule has 1 heterocycles. The van der Waals surface area contributed by atoms with E-state index in [0.29, 0.717) is 11.6 Å². The highest BCUT2D eigenvalue weighted by atomic mass is 19.1. The summed E-state index contributed by atoms with van der Waals surface area (Å²) in [4.78, 5) is 0. The molecule has 0 saturated heterocycles. The van der Waals surface area contributed by atoms with E-state index in [4.69, 9.17) is 0 Å². The van der Waals surface area contributed by atoms with Crippen molar-refractivity contribution in [2.24, 2.45) is 7.05 Å². The van der Waals surface area contributed by atoms with E-state index in [0.717, 1.165) is 36.2 Å². The highest BCUT2D eigenvalue weighted by Crippen LogP contribution is 2.27. The summed E-state index contributed by atoms with van der Waals surface area (Å²) in [6, 6.07) is 5.73. The number of hydrogen-bond donors (Lipinski definition) is 1. The van der Waals surface area contributed by atoms with E-state index in [1.807, 2.05) is 25.4 Å². The zero-order valence-corrected chi connectivity index (χ0v) is 13.3. The summed E-state index contributed by atoms with van der Waals surface area (Å²) in [6.07, 6.45) is 3.77. The second-order valence-corrected chi connectivity index (χ2v) is 5.76. The zero-order valence-electron chi connectivity index (χ0n) is 13.3. The second kappa shape index (κ2) is 6.85. The molecule has 0 atom stereocenters. The molecule has 0 amide bonds. The number of aromatic nitrogens is 2. The lowest BCUT2D eigenvalue weighted by Gasteiger charge is -2.10. The largest absolute Gasteiger partial charge is 0.310 e.